The molecule has 3 N–H and O–H groups in total. The molecule has 2 aromatic heterocycles. The molecule has 0 unspecified atom stereocenters. The lowest BCUT2D eigenvalue weighted by molar-refractivity contribution is -0.119. The van der Waals surface area contributed by atoms with E-state index in [2.05, 4.69) is 36.0 Å². The fourth-order valence-electron chi connectivity index (χ4n) is 4.71. The van der Waals surface area contributed by atoms with Gasteiger partial charge in [-0.1, -0.05) is 53.9 Å². The third-order valence-corrected chi connectivity index (χ3v) is 7.66. The molecule has 4 aromatic rings. The van der Waals surface area contributed by atoms with E-state index in [-0.39, 0.29) is 33.4 Å². The largest absolute Gasteiger partial charge is 0.453 e. The highest BCUT2D eigenvalue weighted by Crippen LogP contribution is 2.34. The van der Waals surface area contributed by atoms with Gasteiger partial charge in [0.15, 0.2) is 16.7 Å². The van der Waals surface area contributed by atoms with E-state index in [1.54, 1.807) is 30.5 Å². The monoisotopic (exact) mass is 625 g/mol. The minimum absolute atomic E-state index is 0.0553. The molecule has 1 aliphatic rings. The summed E-state index contributed by atoms with van der Waals surface area (Å²) in [5, 5.41) is 16.0. The summed E-state index contributed by atoms with van der Waals surface area (Å²) in [5.74, 6) is -1.93. The van der Waals surface area contributed by atoms with Crippen molar-refractivity contribution in [2.75, 3.05) is 17.7 Å². The number of rotatable bonds is 4. The van der Waals surface area contributed by atoms with Crippen LogP contribution in [0.15, 0.2) is 54.7 Å². The third kappa shape index (κ3) is 6.45. The van der Waals surface area contributed by atoms with Crippen LogP contribution < -0.4 is 16.0 Å². The first-order chi connectivity index (χ1) is 20.7. The number of pyridine rings is 1. The van der Waals surface area contributed by atoms with Gasteiger partial charge in [-0.05, 0) is 54.8 Å². The highest BCUT2D eigenvalue weighted by Gasteiger charge is 2.26. The normalized spacial score (nSPS) is 16.6. The summed E-state index contributed by atoms with van der Waals surface area (Å²) in [6, 6.07) is 12.4. The lowest BCUT2D eigenvalue weighted by atomic mass is 9.95. The summed E-state index contributed by atoms with van der Waals surface area (Å²) < 4.78 is 20.3. The number of benzene rings is 2. The molecule has 0 spiro atoms. The van der Waals surface area contributed by atoms with Crippen LogP contribution in [-0.4, -0.2) is 45.0 Å². The fraction of sp³-hybridized carbons (Fsp3) is 0.241. The van der Waals surface area contributed by atoms with Gasteiger partial charge in [0.2, 0.25) is 5.91 Å². The van der Waals surface area contributed by atoms with Gasteiger partial charge < -0.3 is 15.4 Å². The standard InChI is InChI=1S/C29H26Cl2FN7O4/c1-15-5-3-7-20(35-28(41)25-26(31)39(38-37-25)23-8-4-6-19(30)24(23)32)22-13-16(11-12-33-22)18-10-9-17(34-29(42)43-2)14-21(18)36-27(15)40/h4,6,8-15,20H,3,5,7H2,1-2H3,(H,34,42)(H,35,41)(H,36,40)/t15-,20+/m1/s1. The molecule has 43 heavy (non-hydrogen) atoms. The number of nitrogens with one attached hydrogen (secondary N) is 3. The average molecular weight is 626 g/mol. The summed E-state index contributed by atoms with van der Waals surface area (Å²) in [4.78, 5) is 42.8. The number of nitrogens with zero attached hydrogens (tertiary/aromatic N) is 4. The maximum Gasteiger partial charge on any atom is 0.411 e. The third-order valence-electron chi connectivity index (χ3n) is 7.03. The molecule has 2 atom stereocenters. The van der Waals surface area contributed by atoms with Crippen LogP contribution in [0.3, 0.4) is 0 Å². The Balaban J connectivity index is 1.48. The van der Waals surface area contributed by atoms with E-state index in [9.17, 15) is 18.8 Å². The Kier molecular flexibility index (Phi) is 8.88. The summed E-state index contributed by atoms with van der Waals surface area (Å²) in [6.07, 6.45) is 2.53. The van der Waals surface area contributed by atoms with Crippen LogP contribution >= 0.6 is 23.2 Å². The van der Waals surface area contributed by atoms with Crippen molar-refractivity contribution >= 4 is 52.5 Å². The molecule has 1 aliphatic heterocycles. The lowest BCUT2D eigenvalue weighted by Crippen LogP contribution is -2.30. The first kappa shape index (κ1) is 29.9. The molecule has 11 nitrogen and oxygen atoms in total. The quantitative estimate of drug-likeness (QED) is 0.246. The highest BCUT2D eigenvalue weighted by atomic mass is 35.5. The Bertz CT molecular complexity index is 1710. The molecule has 5 rings (SSSR count). The topological polar surface area (TPSA) is 140 Å². The smallest absolute Gasteiger partial charge is 0.411 e. The number of halogens is 3. The Morgan fingerprint density at radius 1 is 1.14 bits per heavy atom. The van der Waals surface area contributed by atoms with E-state index < -0.39 is 23.9 Å². The van der Waals surface area contributed by atoms with Crippen molar-refractivity contribution < 1.29 is 23.5 Å². The Morgan fingerprint density at radius 3 is 2.74 bits per heavy atom. The number of anilines is 2. The summed E-state index contributed by atoms with van der Waals surface area (Å²) in [6.45, 7) is 1.81. The van der Waals surface area contributed by atoms with Crippen LogP contribution in [0.4, 0.5) is 20.6 Å². The van der Waals surface area contributed by atoms with Crippen molar-refractivity contribution in [2.24, 2.45) is 5.92 Å². The number of hydrogen-bond acceptors (Lipinski definition) is 7. The number of ether oxygens (including phenoxy) is 1. The molecule has 0 fully saturated rings. The Morgan fingerprint density at radius 2 is 1.95 bits per heavy atom. The van der Waals surface area contributed by atoms with Crippen molar-refractivity contribution in [3.05, 3.63) is 82.1 Å². The first-order valence-electron chi connectivity index (χ1n) is 13.3. The first-order valence-corrected chi connectivity index (χ1v) is 14.0. The zero-order chi connectivity index (χ0) is 30.7. The Labute approximate surface area is 255 Å². The van der Waals surface area contributed by atoms with E-state index in [1.807, 2.05) is 13.0 Å². The molecule has 3 amide bonds. The minimum atomic E-state index is -0.755. The number of hydrogen-bond donors (Lipinski definition) is 3. The SMILES string of the molecule is COC(=O)Nc1ccc2c(c1)NC(=O)[C@H](C)CCC[C@H](NC(=O)c1nnn(-c3cccc(Cl)c3F)c1Cl)c1cc-2ccn1. The van der Waals surface area contributed by atoms with E-state index in [0.717, 1.165) is 10.2 Å². The molecule has 0 saturated carbocycles. The van der Waals surface area contributed by atoms with Gasteiger partial charge in [-0.25, -0.2) is 9.18 Å². The molecule has 3 heterocycles. The molecule has 0 aliphatic carbocycles. The molecule has 2 bridgehead atoms. The number of amides is 3. The summed E-state index contributed by atoms with van der Waals surface area (Å²) >= 11 is 12.3. The van der Waals surface area contributed by atoms with Crippen LogP contribution in [0, 0.1) is 11.7 Å². The predicted molar refractivity (Wildman–Crippen MR) is 159 cm³/mol. The van der Waals surface area contributed by atoms with Crippen molar-refractivity contribution in [3.63, 3.8) is 0 Å². The number of carbonyl (C=O) groups is 3. The number of fused-ring (bicyclic) bond motifs is 4. The van der Waals surface area contributed by atoms with Crippen LogP contribution in [-0.2, 0) is 9.53 Å². The van der Waals surface area contributed by atoms with E-state index in [4.69, 9.17) is 23.2 Å². The van der Waals surface area contributed by atoms with Gasteiger partial charge in [0, 0.05) is 23.4 Å². The van der Waals surface area contributed by atoms with Gasteiger partial charge in [-0.2, -0.15) is 4.68 Å². The van der Waals surface area contributed by atoms with Gasteiger partial charge in [0.25, 0.3) is 5.91 Å². The fourth-order valence-corrected chi connectivity index (χ4v) is 5.13. The van der Waals surface area contributed by atoms with Gasteiger partial charge in [-0.3, -0.25) is 19.9 Å². The maximum atomic E-state index is 14.6. The van der Waals surface area contributed by atoms with Gasteiger partial charge >= 0.3 is 6.09 Å². The number of aromatic nitrogens is 4. The minimum Gasteiger partial charge on any atom is -0.453 e. The molecule has 0 saturated heterocycles. The van der Waals surface area contributed by atoms with Crippen molar-refractivity contribution in [3.8, 4) is 16.8 Å². The van der Waals surface area contributed by atoms with Crippen molar-refractivity contribution in [1.82, 2.24) is 25.3 Å². The zero-order valence-electron chi connectivity index (χ0n) is 23.0. The molecular weight excluding hydrogens is 600 g/mol. The highest BCUT2D eigenvalue weighted by molar-refractivity contribution is 6.33. The van der Waals surface area contributed by atoms with Crippen molar-refractivity contribution in [1.29, 1.82) is 0 Å². The van der Waals surface area contributed by atoms with Crippen molar-refractivity contribution in [2.45, 2.75) is 32.2 Å². The van der Waals surface area contributed by atoms with Gasteiger partial charge in [0.05, 0.1) is 29.6 Å². The lowest BCUT2D eigenvalue weighted by Gasteiger charge is -2.22. The molecule has 0 radical (unpaired) electrons. The van der Waals surface area contributed by atoms with Gasteiger partial charge in [-0.15, -0.1) is 5.10 Å². The Hall–Kier alpha value is -4.55. The molecule has 222 valence electrons. The number of carbonyl (C=O) groups excluding carboxylic acids is 3. The van der Waals surface area contributed by atoms with Crippen LogP contribution in [0.5, 0.6) is 0 Å². The molecule has 14 heteroatoms. The zero-order valence-corrected chi connectivity index (χ0v) is 24.5. The second-order valence-corrected chi connectivity index (χ2v) is 10.7. The molecule has 2 aromatic carbocycles. The second-order valence-electron chi connectivity index (χ2n) is 9.91. The van der Waals surface area contributed by atoms with Gasteiger partial charge in [0.1, 0.15) is 5.69 Å². The summed E-state index contributed by atoms with van der Waals surface area (Å²) in [7, 11) is 1.26. The summed E-state index contributed by atoms with van der Waals surface area (Å²) in [5.41, 5.74) is 2.64. The van der Waals surface area contributed by atoms with Crippen LogP contribution in [0.2, 0.25) is 10.2 Å². The predicted octanol–water partition coefficient (Wildman–Crippen LogP) is 6.18. The second kappa shape index (κ2) is 12.8. The maximum absolute atomic E-state index is 14.6. The average Bonchev–Trinajstić information content (AvgIpc) is 3.38. The van der Waals surface area contributed by atoms with Crippen LogP contribution in [0.1, 0.15) is 48.4 Å². The van der Waals surface area contributed by atoms with E-state index in [0.29, 0.717) is 41.9 Å². The van der Waals surface area contributed by atoms with Crippen LogP contribution in [0.25, 0.3) is 16.8 Å². The van der Waals surface area contributed by atoms with E-state index in [1.165, 1.54) is 25.3 Å². The van der Waals surface area contributed by atoms with E-state index >= 15 is 0 Å². The molecular formula is C29H26Cl2FN7O4. The number of methoxy groups -OCH3 is 1.